The lowest BCUT2D eigenvalue weighted by atomic mass is 10.0. The minimum absolute atomic E-state index is 0.131. The molecule has 2 N–H and O–H groups in total. The summed E-state index contributed by atoms with van der Waals surface area (Å²) in [4.78, 5) is 35.8. The highest BCUT2D eigenvalue weighted by Gasteiger charge is 2.34. The van der Waals surface area contributed by atoms with Crippen LogP contribution in [0.5, 0.6) is 0 Å². The van der Waals surface area contributed by atoms with E-state index in [1.165, 1.54) is 12.3 Å². The second kappa shape index (κ2) is 11.5. The summed E-state index contributed by atoms with van der Waals surface area (Å²) in [5, 5.41) is 3.35. The molecule has 1 unspecified atom stereocenters. The zero-order chi connectivity index (χ0) is 27.4. The topological polar surface area (TPSA) is 112 Å². The maximum atomic E-state index is 14.4. The van der Waals surface area contributed by atoms with Gasteiger partial charge in [0.2, 0.25) is 0 Å². The number of hydrazine groups is 2. The molecule has 0 bridgehead atoms. The number of rotatable bonds is 7. The Hall–Kier alpha value is -3.51. The molecule has 1 aromatic heterocycles. The number of amidine groups is 1. The first kappa shape index (κ1) is 27.5. The van der Waals surface area contributed by atoms with Gasteiger partial charge in [-0.05, 0) is 58.2 Å². The number of aliphatic imine (C=N–C) groups is 1. The van der Waals surface area contributed by atoms with E-state index >= 15 is 0 Å². The van der Waals surface area contributed by atoms with Crippen LogP contribution in [0.1, 0.15) is 57.8 Å². The van der Waals surface area contributed by atoms with Crippen LogP contribution < -0.4 is 10.9 Å². The van der Waals surface area contributed by atoms with Crippen molar-refractivity contribution in [3.05, 3.63) is 53.0 Å². The van der Waals surface area contributed by atoms with Gasteiger partial charge in [0.1, 0.15) is 17.3 Å². The average molecular weight is 530 g/mol. The maximum Gasteiger partial charge on any atom is 0.422 e. The van der Waals surface area contributed by atoms with E-state index in [-0.39, 0.29) is 12.6 Å². The minimum atomic E-state index is -0.600. The quantitative estimate of drug-likeness (QED) is 0.407. The first-order valence-electron chi connectivity index (χ1n) is 12.9. The van der Waals surface area contributed by atoms with Crippen LogP contribution in [0.2, 0.25) is 0 Å². The van der Waals surface area contributed by atoms with Crippen LogP contribution in [0.15, 0.2) is 40.9 Å². The third kappa shape index (κ3) is 6.48. The third-order valence-corrected chi connectivity index (χ3v) is 6.28. The van der Waals surface area contributed by atoms with Crippen molar-refractivity contribution in [3.63, 3.8) is 0 Å². The SMILES string of the molecule is CCOC(=O)C1=C2N=C(N3CCCC3c3cc(F)cnc3CCN(C)NC(=O)OC(C)(C)C)C=CN2NC1. The van der Waals surface area contributed by atoms with Crippen molar-refractivity contribution in [1.82, 2.24) is 30.8 Å². The lowest BCUT2D eigenvalue weighted by Gasteiger charge is -2.31. The molecule has 1 saturated heterocycles. The van der Waals surface area contributed by atoms with Crippen molar-refractivity contribution in [1.29, 1.82) is 0 Å². The molecule has 3 aliphatic heterocycles. The number of nitrogens with one attached hydrogen (secondary N) is 2. The molecule has 1 aromatic rings. The van der Waals surface area contributed by atoms with Crippen molar-refractivity contribution in [2.24, 2.45) is 4.99 Å². The number of aromatic nitrogens is 1. The molecule has 0 radical (unpaired) electrons. The Morgan fingerprint density at radius 2 is 2.13 bits per heavy atom. The monoisotopic (exact) mass is 529 g/mol. The number of fused-ring (bicyclic) bond motifs is 1. The highest BCUT2D eigenvalue weighted by molar-refractivity contribution is 5.97. The first-order chi connectivity index (χ1) is 18.1. The second-order valence-corrected chi connectivity index (χ2v) is 10.3. The Morgan fingerprint density at radius 1 is 1.34 bits per heavy atom. The van der Waals surface area contributed by atoms with Gasteiger partial charge in [-0.1, -0.05) is 0 Å². The summed E-state index contributed by atoms with van der Waals surface area (Å²) in [5.41, 5.74) is 7.21. The predicted molar refractivity (Wildman–Crippen MR) is 139 cm³/mol. The summed E-state index contributed by atoms with van der Waals surface area (Å²) >= 11 is 0. The molecular formula is C26H36FN7O4. The molecule has 1 atom stereocenters. The molecule has 206 valence electrons. The zero-order valence-electron chi connectivity index (χ0n) is 22.6. The highest BCUT2D eigenvalue weighted by Crippen LogP contribution is 2.36. The first-order valence-corrected chi connectivity index (χ1v) is 12.9. The fourth-order valence-corrected chi connectivity index (χ4v) is 4.67. The lowest BCUT2D eigenvalue weighted by Crippen LogP contribution is -2.43. The number of hydrogen-bond acceptors (Lipinski definition) is 10. The normalized spacial score (nSPS) is 19.1. The largest absolute Gasteiger partial charge is 0.462 e. The molecule has 38 heavy (non-hydrogen) atoms. The number of likely N-dealkylation sites (tertiary alicyclic amines) is 1. The Kier molecular flexibility index (Phi) is 8.32. The van der Waals surface area contributed by atoms with Gasteiger partial charge in [0.05, 0.1) is 31.0 Å². The Labute approximate surface area is 222 Å². The van der Waals surface area contributed by atoms with Crippen LogP contribution in [0, 0.1) is 5.82 Å². The molecule has 4 rings (SSSR count). The lowest BCUT2D eigenvalue weighted by molar-refractivity contribution is -0.138. The summed E-state index contributed by atoms with van der Waals surface area (Å²) in [7, 11) is 1.74. The van der Waals surface area contributed by atoms with Gasteiger partial charge in [0.25, 0.3) is 0 Å². The van der Waals surface area contributed by atoms with Crippen molar-refractivity contribution in [3.8, 4) is 0 Å². The second-order valence-electron chi connectivity index (χ2n) is 10.3. The molecule has 11 nitrogen and oxygen atoms in total. The van der Waals surface area contributed by atoms with Gasteiger partial charge in [0, 0.05) is 38.5 Å². The van der Waals surface area contributed by atoms with Crippen LogP contribution in [-0.2, 0) is 20.7 Å². The van der Waals surface area contributed by atoms with Crippen LogP contribution in [0.4, 0.5) is 9.18 Å². The van der Waals surface area contributed by atoms with E-state index in [1.54, 1.807) is 44.8 Å². The maximum absolute atomic E-state index is 14.4. The Morgan fingerprint density at radius 3 is 2.87 bits per heavy atom. The summed E-state index contributed by atoms with van der Waals surface area (Å²) in [6.07, 6.45) is 6.60. The molecule has 12 heteroatoms. The molecule has 0 spiro atoms. The number of amides is 1. The fourth-order valence-electron chi connectivity index (χ4n) is 4.67. The van der Waals surface area contributed by atoms with Crippen molar-refractivity contribution < 1.29 is 23.5 Å². The molecule has 3 aliphatic rings. The summed E-state index contributed by atoms with van der Waals surface area (Å²) in [6, 6.07) is 1.40. The van der Waals surface area contributed by atoms with Gasteiger partial charge in [-0.3, -0.25) is 15.4 Å². The van der Waals surface area contributed by atoms with E-state index in [9.17, 15) is 14.0 Å². The van der Waals surface area contributed by atoms with E-state index in [0.29, 0.717) is 36.7 Å². The van der Waals surface area contributed by atoms with Gasteiger partial charge in [0.15, 0.2) is 5.82 Å². The van der Waals surface area contributed by atoms with E-state index in [0.717, 1.165) is 30.6 Å². The van der Waals surface area contributed by atoms with Gasteiger partial charge < -0.3 is 14.4 Å². The number of carbonyl (C=O) groups excluding carboxylic acids is 2. The fraction of sp³-hybridized carbons (Fsp3) is 0.538. The van der Waals surface area contributed by atoms with Crippen LogP contribution in [0.3, 0.4) is 0 Å². The zero-order valence-corrected chi connectivity index (χ0v) is 22.6. The number of hydrogen-bond donors (Lipinski definition) is 2. The molecule has 1 amide bonds. The predicted octanol–water partition coefficient (Wildman–Crippen LogP) is 2.79. The molecular weight excluding hydrogens is 493 g/mol. The number of nitrogens with zero attached hydrogens (tertiary/aromatic N) is 5. The average Bonchev–Trinajstić information content (AvgIpc) is 3.49. The summed E-state index contributed by atoms with van der Waals surface area (Å²) in [5.74, 6) is 0.409. The number of esters is 1. The Bertz CT molecular complexity index is 1160. The minimum Gasteiger partial charge on any atom is -0.462 e. The molecule has 4 heterocycles. The van der Waals surface area contributed by atoms with Gasteiger partial charge >= 0.3 is 12.1 Å². The molecule has 0 saturated carbocycles. The number of likely N-dealkylation sites (N-methyl/N-ethyl adjacent to an activating group) is 1. The Balaban J connectivity index is 1.52. The number of ether oxygens (including phenoxy) is 2. The van der Waals surface area contributed by atoms with Crippen LogP contribution >= 0.6 is 0 Å². The number of halogens is 1. The smallest absolute Gasteiger partial charge is 0.422 e. The van der Waals surface area contributed by atoms with E-state index in [4.69, 9.17) is 14.5 Å². The third-order valence-electron chi connectivity index (χ3n) is 6.28. The van der Waals surface area contributed by atoms with Crippen molar-refractivity contribution in [2.75, 3.05) is 33.3 Å². The highest BCUT2D eigenvalue weighted by atomic mass is 19.1. The van der Waals surface area contributed by atoms with E-state index in [2.05, 4.69) is 20.7 Å². The summed E-state index contributed by atoms with van der Waals surface area (Å²) < 4.78 is 24.9. The van der Waals surface area contributed by atoms with Gasteiger partial charge in [-0.25, -0.2) is 29.4 Å². The number of carbonyl (C=O) groups is 2. The number of pyridine rings is 1. The summed E-state index contributed by atoms with van der Waals surface area (Å²) in [6.45, 7) is 8.98. The van der Waals surface area contributed by atoms with Gasteiger partial charge in [-0.15, -0.1) is 0 Å². The van der Waals surface area contributed by atoms with Gasteiger partial charge in [-0.2, -0.15) is 0 Å². The van der Waals surface area contributed by atoms with E-state index < -0.39 is 23.5 Å². The van der Waals surface area contributed by atoms with E-state index in [1.807, 2.05) is 12.3 Å². The standard InChI is InChI=1S/C26H36FN7O4/c1-6-37-24(35)19-16-29-34-13-10-22(30-23(19)34)33-11-7-8-21(33)18-14-17(27)15-28-20(18)9-12-32(5)31-25(36)38-26(2,3)4/h10,13-15,21,29H,6-9,11-12,16H2,1-5H3,(H,31,36). The molecule has 0 aromatic carbocycles. The van der Waals surface area contributed by atoms with Crippen molar-refractivity contribution in [2.45, 2.75) is 58.6 Å². The molecule has 0 aliphatic carbocycles. The van der Waals surface area contributed by atoms with Crippen molar-refractivity contribution >= 4 is 17.9 Å². The molecule has 1 fully saturated rings. The van der Waals surface area contributed by atoms with Crippen LogP contribution in [-0.4, -0.2) is 76.7 Å². The van der Waals surface area contributed by atoms with Crippen LogP contribution in [0.25, 0.3) is 0 Å².